The van der Waals surface area contributed by atoms with E-state index in [1.165, 1.54) is 32.0 Å². The molecule has 1 fully saturated rings. The molecule has 0 N–H and O–H groups in total. The van der Waals surface area contributed by atoms with Gasteiger partial charge in [0.15, 0.2) is 23.1 Å². The van der Waals surface area contributed by atoms with E-state index in [1.807, 2.05) is 0 Å². The fourth-order valence-corrected chi connectivity index (χ4v) is 5.30. The van der Waals surface area contributed by atoms with Crippen LogP contribution in [0.4, 0.5) is 4.39 Å². The second-order valence-electron chi connectivity index (χ2n) is 8.15. The normalized spacial score (nSPS) is 14.3. The van der Waals surface area contributed by atoms with Gasteiger partial charge in [-0.15, -0.1) is 11.3 Å². The maximum absolute atomic E-state index is 14.9. The highest BCUT2D eigenvalue weighted by atomic mass is 32.1. The Morgan fingerprint density at radius 2 is 1.76 bits per heavy atom. The largest absolute Gasteiger partial charge is 0.493 e. The number of hydrogen-bond acceptors (Lipinski definition) is 7. The second kappa shape index (κ2) is 9.49. The lowest BCUT2D eigenvalue weighted by Gasteiger charge is -2.12. The molecule has 1 saturated heterocycles. The van der Waals surface area contributed by atoms with Gasteiger partial charge in [0, 0.05) is 36.2 Å². The number of pyridine rings is 1. The number of thiazole rings is 1. The molecule has 0 aliphatic carbocycles. The monoisotopic (exact) mass is 467 g/mol. The van der Waals surface area contributed by atoms with Crippen LogP contribution >= 0.6 is 11.3 Å². The van der Waals surface area contributed by atoms with Gasteiger partial charge in [-0.25, -0.2) is 9.37 Å². The number of benzene rings is 2. The van der Waals surface area contributed by atoms with E-state index in [1.54, 1.807) is 56.0 Å². The van der Waals surface area contributed by atoms with Gasteiger partial charge in [-0.05, 0) is 51.0 Å². The fourth-order valence-electron chi connectivity index (χ4n) is 4.28. The molecule has 0 spiro atoms. The molecule has 1 aliphatic rings. The van der Waals surface area contributed by atoms with E-state index in [0.29, 0.717) is 33.7 Å². The van der Waals surface area contributed by atoms with Gasteiger partial charge >= 0.3 is 0 Å². The molecule has 0 amide bonds. The highest BCUT2D eigenvalue weighted by Gasteiger charge is 2.16. The van der Waals surface area contributed by atoms with Crippen LogP contribution in [0.3, 0.4) is 0 Å². The Bertz CT molecular complexity index is 1290. The number of fused-ring (bicyclic) bond motifs is 2. The second-order valence-corrected chi connectivity index (χ2v) is 9.26. The molecule has 0 radical (unpaired) electrons. The smallest absolute Gasteiger partial charge is 0.167 e. The van der Waals surface area contributed by atoms with Crippen molar-refractivity contribution in [2.45, 2.75) is 25.7 Å². The highest BCUT2D eigenvalue weighted by Crippen LogP contribution is 2.38. The third-order valence-corrected chi connectivity index (χ3v) is 7.05. The van der Waals surface area contributed by atoms with Crippen LogP contribution in [0, 0.1) is 5.82 Å². The summed E-state index contributed by atoms with van der Waals surface area (Å²) in [6, 6.07) is 8.47. The van der Waals surface area contributed by atoms with Crippen LogP contribution in [0.1, 0.15) is 24.3 Å². The summed E-state index contributed by atoms with van der Waals surface area (Å²) in [7, 11) is 3.14. The SMILES string of the molecule is COc1cc2nccc(Oc3cc4sc(CCCN5CCCC5)nc4cc3F)c2cc1OC. The Labute approximate surface area is 195 Å². The van der Waals surface area contributed by atoms with Crippen molar-refractivity contribution in [1.29, 1.82) is 0 Å². The van der Waals surface area contributed by atoms with E-state index < -0.39 is 5.82 Å². The molecule has 8 heteroatoms. The minimum atomic E-state index is -0.443. The molecule has 172 valence electrons. The summed E-state index contributed by atoms with van der Waals surface area (Å²) in [5, 5.41) is 1.74. The van der Waals surface area contributed by atoms with Gasteiger partial charge < -0.3 is 19.1 Å². The van der Waals surface area contributed by atoms with Crippen LogP contribution in [-0.4, -0.2) is 48.7 Å². The van der Waals surface area contributed by atoms with Crippen molar-refractivity contribution in [2.24, 2.45) is 0 Å². The number of rotatable bonds is 8. The first-order chi connectivity index (χ1) is 16.1. The molecule has 5 rings (SSSR count). The minimum Gasteiger partial charge on any atom is -0.493 e. The molecule has 2 aromatic heterocycles. The quantitative estimate of drug-likeness (QED) is 0.325. The van der Waals surface area contributed by atoms with E-state index in [4.69, 9.17) is 14.2 Å². The van der Waals surface area contributed by atoms with Gasteiger partial charge in [0.1, 0.15) is 5.75 Å². The summed E-state index contributed by atoms with van der Waals surface area (Å²) < 4.78 is 32.6. The Morgan fingerprint density at radius 3 is 2.55 bits per heavy atom. The molecule has 4 aromatic rings. The van der Waals surface area contributed by atoms with Crippen molar-refractivity contribution in [1.82, 2.24) is 14.9 Å². The number of ether oxygens (including phenoxy) is 3. The highest BCUT2D eigenvalue weighted by molar-refractivity contribution is 7.18. The third-order valence-electron chi connectivity index (χ3n) is 5.98. The molecular formula is C25H26FN3O3S. The van der Waals surface area contributed by atoms with Gasteiger partial charge in [-0.1, -0.05) is 0 Å². The van der Waals surface area contributed by atoms with Crippen molar-refractivity contribution in [3.63, 3.8) is 0 Å². The van der Waals surface area contributed by atoms with Gasteiger partial charge in [0.25, 0.3) is 0 Å². The van der Waals surface area contributed by atoms with Crippen LogP contribution in [0.25, 0.3) is 21.1 Å². The lowest BCUT2D eigenvalue weighted by atomic mass is 10.2. The number of aromatic nitrogens is 2. The Morgan fingerprint density at radius 1 is 0.970 bits per heavy atom. The van der Waals surface area contributed by atoms with E-state index >= 15 is 0 Å². The van der Waals surface area contributed by atoms with Crippen molar-refractivity contribution in [3.05, 3.63) is 47.4 Å². The van der Waals surface area contributed by atoms with Gasteiger partial charge in [-0.2, -0.15) is 0 Å². The van der Waals surface area contributed by atoms with Crippen LogP contribution in [0.5, 0.6) is 23.0 Å². The van der Waals surface area contributed by atoms with Gasteiger partial charge in [-0.3, -0.25) is 4.98 Å². The van der Waals surface area contributed by atoms with E-state index in [-0.39, 0.29) is 5.75 Å². The van der Waals surface area contributed by atoms with Crippen LogP contribution in [-0.2, 0) is 6.42 Å². The topological polar surface area (TPSA) is 56.7 Å². The van der Waals surface area contributed by atoms with Gasteiger partial charge in [0.05, 0.1) is 35.0 Å². The summed E-state index contributed by atoms with van der Waals surface area (Å²) in [6.45, 7) is 3.50. The Balaban J connectivity index is 1.39. The predicted octanol–water partition coefficient (Wildman–Crippen LogP) is 5.82. The van der Waals surface area contributed by atoms with Crippen LogP contribution in [0.15, 0.2) is 36.5 Å². The van der Waals surface area contributed by atoms with Crippen molar-refractivity contribution in [2.75, 3.05) is 33.9 Å². The number of hydrogen-bond donors (Lipinski definition) is 0. The van der Waals surface area contributed by atoms with Gasteiger partial charge in [0.2, 0.25) is 0 Å². The number of nitrogens with zero attached hydrogens (tertiary/aromatic N) is 3. The molecule has 2 aromatic carbocycles. The van der Waals surface area contributed by atoms with Crippen molar-refractivity contribution >= 4 is 32.5 Å². The Hall–Kier alpha value is -2.97. The van der Waals surface area contributed by atoms with E-state index in [9.17, 15) is 4.39 Å². The number of halogens is 1. The fraction of sp³-hybridized carbons (Fsp3) is 0.360. The van der Waals surface area contributed by atoms with Crippen LogP contribution in [0.2, 0.25) is 0 Å². The average Bonchev–Trinajstić information content (AvgIpc) is 3.48. The molecule has 0 atom stereocenters. The maximum atomic E-state index is 14.9. The number of likely N-dealkylation sites (tertiary alicyclic amines) is 1. The third kappa shape index (κ3) is 4.58. The molecule has 0 bridgehead atoms. The zero-order chi connectivity index (χ0) is 22.8. The Kier molecular flexibility index (Phi) is 6.28. The van der Waals surface area contributed by atoms with E-state index in [0.717, 1.165) is 29.1 Å². The summed E-state index contributed by atoms with van der Waals surface area (Å²) in [5.74, 6) is 1.34. The van der Waals surface area contributed by atoms with E-state index in [2.05, 4.69) is 14.9 Å². The summed E-state index contributed by atoms with van der Waals surface area (Å²) in [5.41, 5.74) is 1.34. The first kappa shape index (κ1) is 21.9. The molecule has 0 saturated carbocycles. The predicted molar refractivity (Wildman–Crippen MR) is 128 cm³/mol. The standard InChI is InChI=1S/C25H26FN3O3S/c1-30-22-12-16-18(14-23(22)31-2)27-8-7-20(16)32-21-15-24-19(13-17(21)26)28-25(33-24)6-5-11-29-9-3-4-10-29/h7-8,12-15H,3-6,9-11H2,1-2H3. The van der Waals surface area contributed by atoms with Crippen molar-refractivity contribution in [3.8, 4) is 23.0 Å². The first-order valence-corrected chi connectivity index (χ1v) is 12.0. The summed E-state index contributed by atoms with van der Waals surface area (Å²) in [4.78, 5) is 11.5. The zero-order valence-electron chi connectivity index (χ0n) is 18.8. The minimum absolute atomic E-state index is 0.164. The molecule has 1 aliphatic heterocycles. The first-order valence-electron chi connectivity index (χ1n) is 11.1. The summed E-state index contributed by atoms with van der Waals surface area (Å²) in [6.07, 6.45) is 6.21. The summed E-state index contributed by atoms with van der Waals surface area (Å²) >= 11 is 1.60. The molecular weight excluding hydrogens is 441 g/mol. The molecule has 33 heavy (non-hydrogen) atoms. The average molecular weight is 468 g/mol. The molecule has 6 nitrogen and oxygen atoms in total. The molecule has 3 heterocycles. The van der Waals surface area contributed by atoms with Crippen LogP contribution < -0.4 is 14.2 Å². The number of methoxy groups -OCH3 is 2. The maximum Gasteiger partial charge on any atom is 0.167 e. The lowest BCUT2D eigenvalue weighted by molar-refractivity contribution is 0.334. The zero-order valence-corrected chi connectivity index (χ0v) is 19.6. The molecule has 0 unspecified atom stereocenters. The van der Waals surface area contributed by atoms with Crippen molar-refractivity contribution < 1.29 is 18.6 Å². The number of aryl methyl sites for hydroxylation is 1. The lowest BCUT2D eigenvalue weighted by Crippen LogP contribution is -2.20.